The minimum Gasteiger partial charge on any atom is -0.454 e. The van der Waals surface area contributed by atoms with E-state index in [9.17, 15) is 22.8 Å². The molecule has 1 aromatic rings. The summed E-state index contributed by atoms with van der Waals surface area (Å²) >= 11 is 0. The third-order valence-electron chi connectivity index (χ3n) is 3.31. The van der Waals surface area contributed by atoms with Crippen LogP contribution in [0.1, 0.15) is 38.1 Å². The van der Waals surface area contributed by atoms with Crippen molar-refractivity contribution in [2.24, 2.45) is 5.92 Å². The summed E-state index contributed by atoms with van der Waals surface area (Å²) in [6.45, 7) is 6.50. The van der Waals surface area contributed by atoms with E-state index in [0.717, 1.165) is 0 Å². The van der Waals surface area contributed by atoms with Crippen LogP contribution in [0.5, 0.6) is 0 Å². The minimum absolute atomic E-state index is 0.0863. The number of nitrogens with one attached hydrogen (secondary N) is 2. The molecule has 0 fully saturated rings. The first kappa shape index (κ1) is 21.8. The zero-order valence-corrected chi connectivity index (χ0v) is 16.1. The van der Waals surface area contributed by atoms with Crippen molar-refractivity contribution in [3.63, 3.8) is 0 Å². The molecule has 8 nitrogen and oxygen atoms in total. The average molecular weight is 384 g/mol. The van der Waals surface area contributed by atoms with E-state index in [4.69, 9.17) is 4.74 Å². The molecule has 0 radical (unpaired) electrons. The first-order valence-corrected chi connectivity index (χ1v) is 9.58. The summed E-state index contributed by atoms with van der Waals surface area (Å²) in [6, 6.07) is 4.15. The maximum atomic E-state index is 12.3. The van der Waals surface area contributed by atoms with Crippen molar-refractivity contribution < 1.29 is 27.5 Å². The highest BCUT2D eigenvalue weighted by Crippen LogP contribution is 2.11. The fraction of sp³-hybridized carbons (Fsp3) is 0.471. The van der Waals surface area contributed by atoms with E-state index in [1.165, 1.54) is 38.1 Å². The van der Waals surface area contributed by atoms with Gasteiger partial charge in [-0.15, -0.1) is 0 Å². The van der Waals surface area contributed by atoms with Gasteiger partial charge in [0, 0.05) is 12.1 Å². The molecule has 0 unspecified atom stereocenters. The number of carbonyl (C=O) groups excluding carboxylic acids is 3. The molecule has 26 heavy (non-hydrogen) atoms. The SMILES string of the molecule is CC(=O)c1ccc(S(=O)(=O)N[C@@H](C)C(=O)OCC(=O)NCC(C)C)cc1. The van der Waals surface area contributed by atoms with Gasteiger partial charge in [0.25, 0.3) is 5.91 Å². The molecule has 0 aliphatic heterocycles. The number of amides is 1. The molecule has 0 aromatic heterocycles. The maximum absolute atomic E-state index is 12.3. The summed E-state index contributed by atoms with van der Waals surface area (Å²) in [4.78, 5) is 34.5. The lowest BCUT2D eigenvalue weighted by molar-refractivity contribution is -0.149. The van der Waals surface area contributed by atoms with Crippen molar-refractivity contribution >= 4 is 27.7 Å². The van der Waals surface area contributed by atoms with Crippen molar-refractivity contribution in [2.75, 3.05) is 13.2 Å². The van der Waals surface area contributed by atoms with Gasteiger partial charge in [0.15, 0.2) is 12.4 Å². The van der Waals surface area contributed by atoms with Gasteiger partial charge in [-0.05, 0) is 31.9 Å². The predicted molar refractivity (Wildman–Crippen MR) is 95.0 cm³/mol. The lowest BCUT2D eigenvalue weighted by Gasteiger charge is -2.14. The van der Waals surface area contributed by atoms with E-state index in [0.29, 0.717) is 12.1 Å². The lowest BCUT2D eigenvalue weighted by atomic mass is 10.2. The number of benzene rings is 1. The minimum atomic E-state index is -3.97. The Labute approximate surface area is 153 Å². The van der Waals surface area contributed by atoms with Crippen LogP contribution in [-0.2, 0) is 24.3 Å². The first-order chi connectivity index (χ1) is 12.0. The number of hydrogen-bond donors (Lipinski definition) is 2. The van der Waals surface area contributed by atoms with Crippen LogP contribution in [0.25, 0.3) is 0 Å². The van der Waals surface area contributed by atoms with E-state index < -0.39 is 34.5 Å². The van der Waals surface area contributed by atoms with Gasteiger partial charge in [0.2, 0.25) is 10.0 Å². The highest BCUT2D eigenvalue weighted by Gasteiger charge is 2.23. The standard InChI is InChI=1S/C17H24N2O6S/c1-11(2)9-18-16(21)10-25-17(22)12(3)19-26(23,24)15-7-5-14(6-8-15)13(4)20/h5-8,11-12,19H,9-10H2,1-4H3,(H,18,21)/t12-/m0/s1. The van der Waals surface area contributed by atoms with Crippen LogP contribution in [0.3, 0.4) is 0 Å². The third kappa shape index (κ3) is 6.93. The summed E-state index contributed by atoms with van der Waals surface area (Å²) in [5.74, 6) is -1.25. The average Bonchev–Trinajstić information content (AvgIpc) is 2.57. The lowest BCUT2D eigenvalue weighted by Crippen LogP contribution is -2.41. The van der Waals surface area contributed by atoms with E-state index in [1.54, 1.807) is 0 Å². The normalized spacial score (nSPS) is 12.5. The van der Waals surface area contributed by atoms with Crippen LogP contribution in [0.4, 0.5) is 0 Å². The van der Waals surface area contributed by atoms with Crippen LogP contribution < -0.4 is 10.0 Å². The van der Waals surface area contributed by atoms with Crippen molar-refractivity contribution in [3.05, 3.63) is 29.8 Å². The number of hydrogen-bond acceptors (Lipinski definition) is 6. The topological polar surface area (TPSA) is 119 Å². The molecule has 0 spiro atoms. The van der Waals surface area contributed by atoms with Gasteiger partial charge in [-0.1, -0.05) is 26.0 Å². The highest BCUT2D eigenvalue weighted by molar-refractivity contribution is 7.89. The largest absolute Gasteiger partial charge is 0.454 e. The molecule has 0 saturated heterocycles. The molecule has 0 bridgehead atoms. The second-order valence-corrected chi connectivity index (χ2v) is 7.94. The fourth-order valence-electron chi connectivity index (χ4n) is 1.85. The summed E-state index contributed by atoms with van der Waals surface area (Å²) in [5.41, 5.74) is 0.379. The molecule has 1 aromatic carbocycles. The molecule has 9 heteroatoms. The quantitative estimate of drug-likeness (QED) is 0.482. The van der Waals surface area contributed by atoms with Crippen LogP contribution in [0.2, 0.25) is 0 Å². The van der Waals surface area contributed by atoms with Crippen LogP contribution >= 0.6 is 0 Å². The zero-order chi connectivity index (χ0) is 19.9. The predicted octanol–water partition coefficient (Wildman–Crippen LogP) is 0.871. The summed E-state index contributed by atoms with van der Waals surface area (Å²) in [5, 5.41) is 2.58. The Morgan fingerprint density at radius 2 is 1.65 bits per heavy atom. The number of Topliss-reactive ketones (excluding diaryl/α,β-unsaturated/α-hetero) is 1. The Morgan fingerprint density at radius 1 is 1.08 bits per heavy atom. The van der Waals surface area contributed by atoms with Crippen molar-refractivity contribution in [3.8, 4) is 0 Å². The van der Waals surface area contributed by atoms with E-state index >= 15 is 0 Å². The molecule has 0 aliphatic rings. The van der Waals surface area contributed by atoms with Crippen LogP contribution in [-0.4, -0.2) is 45.3 Å². The Kier molecular flexibility index (Phi) is 7.91. The molecule has 1 atom stereocenters. The number of rotatable bonds is 9. The molecule has 2 N–H and O–H groups in total. The summed E-state index contributed by atoms with van der Waals surface area (Å²) in [7, 11) is -3.97. The van der Waals surface area contributed by atoms with Crippen molar-refractivity contribution in [2.45, 2.75) is 38.6 Å². The number of ketones is 1. The van der Waals surface area contributed by atoms with E-state index in [2.05, 4.69) is 10.0 Å². The molecule has 1 amide bonds. The molecule has 0 heterocycles. The van der Waals surface area contributed by atoms with Gasteiger partial charge in [-0.2, -0.15) is 4.72 Å². The van der Waals surface area contributed by atoms with Gasteiger partial charge < -0.3 is 10.1 Å². The third-order valence-corrected chi connectivity index (χ3v) is 4.87. The van der Waals surface area contributed by atoms with Gasteiger partial charge in [0.1, 0.15) is 6.04 Å². The van der Waals surface area contributed by atoms with Crippen LogP contribution in [0.15, 0.2) is 29.2 Å². The molecular weight excluding hydrogens is 360 g/mol. The molecule has 1 rings (SSSR count). The number of esters is 1. The second kappa shape index (κ2) is 9.44. The fourth-order valence-corrected chi connectivity index (χ4v) is 3.04. The van der Waals surface area contributed by atoms with E-state index in [-0.39, 0.29) is 16.6 Å². The maximum Gasteiger partial charge on any atom is 0.324 e. The van der Waals surface area contributed by atoms with Gasteiger partial charge in [-0.3, -0.25) is 14.4 Å². The van der Waals surface area contributed by atoms with E-state index in [1.807, 2.05) is 13.8 Å². The molecule has 0 aliphatic carbocycles. The van der Waals surface area contributed by atoms with Gasteiger partial charge >= 0.3 is 5.97 Å². The Bertz CT molecular complexity index is 756. The Balaban J connectivity index is 2.61. The molecular formula is C17H24N2O6S. The second-order valence-electron chi connectivity index (χ2n) is 6.23. The Morgan fingerprint density at radius 3 is 2.15 bits per heavy atom. The van der Waals surface area contributed by atoms with Gasteiger partial charge in [0.05, 0.1) is 4.90 Å². The van der Waals surface area contributed by atoms with Crippen molar-refractivity contribution in [1.82, 2.24) is 10.0 Å². The van der Waals surface area contributed by atoms with Gasteiger partial charge in [-0.25, -0.2) is 8.42 Å². The van der Waals surface area contributed by atoms with Crippen molar-refractivity contribution in [1.29, 1.82) is 0 Å². The highest BCUT2D eigenvalue weighted by atomic mass is 32.2. The number of sulfonamides is 1. The zero-order valence-electron chi connectivity index (χ0n) is 15.2. The smallest absolute Gasteiger partial charge is 0.324 e. The Hall–Kier alpha value is -2.26. The summed E-state index contributed by atoms with van der Waals surface area (Å²) in [6.07, 6.45) is 0. The molecule has 0 saturated carbocycles. The van der Waals surface area contributed by atoms with Crippen LogP contribution in [0, 0.1) is 5.92 Å². The first-order valence-electron chi connectivity index (χ1n) is 8.09. The number of carbonyl (C=O) groups is 3. The summed E-state index contributed by atoms with van der Waals surface area (Å²) < 4.78 is 31.5. The molecule has 144 valence electrons. The monoisotopic (exact) mass is 384 g/mol. The number of ether oxygens (including phenoxy) is 1.